The summed E-state index contributed by atoms with van der Waals surface area (Å²) in [4.78, 5) is 11.6. The second-order valence-corrected chi connectivity index (χ2v) is 2.89. The van der Waals surface area contributed by atoms with E-state index < -0.39 is 5.97 Å². The van der Waals surface area contributed by atoms with Gasteiger partial charge in [0.1, 0.15) is 5.75 Å². The Morgan fingerprint density at radius 1 is 1.36 bits per heavy atom. The van der Waals surface area contributed by atoms with Crippen LogP contribution in [-0.4, -0.2) is 5.97 Å². The third-order valence-corrected chi connectivity index (χ3v) is 2.12. The summed E-state index contributed by atoms with van der Waals surface area (Å²) in [6, 6.07) is 7.38. The van der Waals surface area contributed by atoms with Crippen LogP contribution in [0, 0.1) is 5.75 Å². The Kier molecular flexibility index (Phi) is 1.58. The van der Waals surface area contributed by atoms with Crippen molar-refractivity contribution >= 4 is 17.7 Å². The molecule has 0 fully saturated rings. The van der Waals surface area contributed by atoms with Crippen LogP contribution >= 0.6 is 11.8 Å². The SMILES string of the molecule is O=C1[C]Sc2ccccc2O1. The zero-order valence-corrected chi connectivity index (χ0v) is 6.35. The molecule has 54 valence electrons. The van der Waals surface area contributed by atoms with Crippen molar-refractivity contribution in [3.8, 4) is 5.75 Å². The molecule has 1 aliphatic rings. The molecule has 2 nitrogen and oxygen atoms in total. The van der Waals surface area contributed by atoms with Crippen LogP contribution in [0.2, 0.25) is 0 Å². The largest absolute Gasteiger partial charge is 0.424 e. The number of ether oxygens (including phenoxy) is 1. The van der Waals surface area contributed by atoms with Crippen molar-refractivity contribution in [1.82, 2.24) is 0 Å². The van der Waals surface area contributed by atoms with E-state index in [0.29, 0.717) is 5.75 Å². The molecule has 0 unspecified atom stereocenters. The topological polar surface area (TPSA) is 26.3 Å². The molecule has 2 radical (unpaired) electrons. The maximum Gasteiger partial charge on any atom is 0.332 e. The van der Waals surface area contributed by atoms with Gasteiger partial charge in [-0.3, -0.25) is 0 Å². The molecule has 1 aromatic carbocycles. The maximum atomic E-state index is 10.7. The lowest BCUT2D eigenvalue weighted by Gasteiger charge is -2.12. The quantitative estimate of drug-likeness (QED) is 0.431. The van der Waals surface area contributed by atoms with Gasteiger partial charge in [0, 0.05) is 0 Å². The molecule has 1 aromatic rings. The van der Waals surface area contributed by atoms with Crippen molar-refractivity contribution in [3.63, 3.8) is 0 Å². The Bertz CT molecular complexity index is 296. The summed E-state index contributed by atoms with van der Waals surface area (Å²) in [5.41, 5.74) is 0. The van der Waals surface area contributed by atoms with Gasteiger partial charge >= 0.3 is 5.97 Å². The Morgan fingerprint density at radius 2 is 2.18 bits per heavy atom. The van der Waals surface area contributed by atoms with Crippen molar-refractivity contribution < 1.29 is 9.53 Å². The lowest BCUT2D eigenvalue weighted by Crippen LogP contribution is -2.10. The second kappa shape index (κ2) is 2.58. The highest BCUT2D eigenvalue weighted by Crippen LogP contribution is 2.34. The van der Waals surface area contributed by atoms with Gasteiger partial charge in [-0.25, -0.2) is 4.79 Å². The molecule has 0 atom stereocenters. The van der Waals surface area contributed by atoms with Gasteiger partial charge in [0.2, 0.25) is 0 Å². The first-order valence-electron chi connectivity index (χ1n) is 3.10. The standard InChI is InChI=1S/C8H4O2S/c9-8-5-11-7-4-2-1-3-6(7)10-8/h1-4H. The number of carbonyl (C=O) groups is 1. The minimum absolute atomic E-state index is 0.409. The number of fused-ring (bicyclic) bond motifs is 1. The van der Waals surface area contributed by atoms with Crippen molar-refractivity contribution in [2.24, 2.45) is 0 Å². The summed E-state index contributed by atoms with van der Waals surface area (Å²) in [6.45, 7) is 0. The molecule has 3 heteroatoms. The van der Waals surface area contributed by atoms with Gasteiger partial charge in [-0.05, 0) is 12.1 Å². The number of benzene rings is 1. The fourth-order valence-electron chi connectivity index (χ4n) is 0.836. The lowest BCUT2D eigenvalue weighted by molar-refractivity contribution is -0.130. The van der Waals surface area contributed by atoms with E-state index in [0.717, 1.165) is 4.90 Å². The number of esters is 1. The van der Waals surface area contributed by atoms with Gasteiger partial charge in [0.15, 0.2) is 5.75 Å². The molecule has 0 N–H and O–H groups in total. The highest BCUT2D eigenvalue weighted by molar-refractivity contribution is 8.02. The average molecular weight is 164 g/mol. The van der Waals surface area contributed by atoms with Crippen LogP contribution in [0.1, 0.15) is 0 Å². The molecule has 0 bridgehead atoms. The molecular weight excluding hydrogens is 160 g/mol. The van der Waals surface area contributed by atoms with Gasteiger partial charge in [-0.1, -0.05) is 23.9 Å². The summed E-state index contributed by atoms with van der Waals surface area (Å²) in [6.07, 6.45) is 0. The zero-order valence-electron chi connectivity index (χ0n) is 5.53. The summed E-state index contributed by atoms with van der Waals surface area (Å²) >= 11 is 1.27. The molecule has 0 saturated carbocycles. The monoisotopic (exact) mass is 164 g/mol. The predicted molar refractivity (Wildman–Crippen MR) is 41.2 cm³/mol. The van der Waals surface area contributed by atoms with E-state index in [-0.39, 0.29) is 0 Å². The highest BCUT2D eigenvalue weighted by atomic mass is 32.2. The van der Waals surface area contributed by atoms with Crippen LogP contribution in [-0.2, 0) is 4.79 Å². The third kappa shape index (κ3) is 1.24. The van der Waals surface area contributed by atoms with E-state index in [4.69, 9.17) is 4.74 Å². The molecule has 1 aliphatic heterocycles. The molecule has 2 rings (SSSR count). The molecular formula is C8H4O2S. The van der Waals surface area contributed by atoms with E-state index in [9.17, 15) is 4.79 Å². The molecule has 0 aromatic heterocycles. The van der Waals surface area contributed by atoms with Gasteiger partial charge in [-0.15, -0.1) is 0 Å². The normalized spacial score (nSPS) is 15.5. The van der Waals surface area contributed by atoms with Crippen molar-refractivity contribution in [1.29, 1.82) is 0 Å². The maximum absolute atomic E-state index is 10.7. The van der Waals surface area contributed by atoms with E-state index in [1.807, 2.05) is 18.2 Å². The first kappa shape index (κ1) is 6.73. The lowest BCUT2D eigenvalue weighted by atomic mass is 10.3. The number of hydrogen-bond donors (Lipinski definition) is 0. The summed E-state index contributed by atoms with van der Waals surface area (Å²) in [5.74, 6) is 2.71. The van der Waals surface area contributed by atoms with Crippen LogP contribution in [0.15, 0.2) is 29.2 Å². The van der Waals surface area contributed by atoms with E-state index >= 15 is 0 Å². The molecule has 0 spiro atoms. The average Bonchev–Trinajstić information content (AvgIpc) is 2.04. The van der Waals surface area contributed by atoms with Gasteiger partial charge in [0.25, 0.3) is 0 Å². The summed E-state index contributed by atoms with van der Waals surface area (Å²) in [7, 11) is 0. The van der Waals surface area contributed by atoms with E-state index in [2.05, 4.69) is 5.75 Å². The number of rotatable bonds is 0. The molecule has 0 amide bonds. The summed E-state index contributed by atoms with van der Waals surface area (Å²) < 4.78 is 4.86. The summed E-state index contributed by atoms with van der Waals surface area (Å²) in [5, 5.41) is 0. The number of thioether (sulfide) groups is 1. The van der Waals surface area contributed by atoms with Gasteiger partial charge in [0.05, 0.1) is 4.90 Å². The van der Waals surface area contributed by atoms with Crippen LogP contribution in [0.3, 0.4) is 0 Å². The predicted octanol–water partition coefficient (Wildman–Crippen LogP) is 1.74. The first-order chi connectivity index (χ1) is 5.36. The van der Waals surface area contributed by atoms with E-state index in [1.165, 1.54) is 11.8 Å². The van der Waals surface area contributed by atoms with Crippen LogP contribution < -0.4 is 4.74 Å². The smallest absolute Gasteiger partial charge is 0.332 e. The van der Waals surface area contributed by atoms with Gasteiger partial charge < -0.3 is 4.74 Å². The molecule has 11 heavy (non-hydrogen) atoms. The Balaban J connectivity index is 2.41. The highest BCUT2D eigenvalue weighted by Gasteiger charge is 2.17. The number of para-hydroxylation sites is 1. The van der Waals surface area contributed by atoms with E-state index in [1.54, 1.807) is 6.07 Å². The molecule has 1 heterocycles. The Morgan fingerprint density at radius 3 is 3.09 bits per heavy atom. The van der Waals surface area contributed by atoms with Crippen LogP contribution in [0.4, 0.5) is 0 Å². The van der Waals surface area contributed by atoms with Crippen LogP contribution in [0.5, 0.6) is 5.75 Å². The third-order valence-electron chi connectivity index (χ3n) is 1.30. The van der Waals surface area contributed by atoms with Crippen LogP contribution in [0.25, 0.3) is 0 Å². The fourth-order valence-corrected chi connectivity index (χ4v) is 1.43. The van der Waals surface area contributed by atoms with Gasteiger partial charge in [-0.2, -0.15) is 0 Å². The van der Waals surface area contributed by atoms with Crippen molar-refractivity contribution in [2.45, 2.75) is 4.90 Å². The molecule has 0 saturated heterocycles. The fraction of sp³-hybridized carbons (Fsp3) is 0. The molecule has 0 aliphatic carbocycles. The first-order valence-corrected chi connectivity index (χ1v) is 3.91. The Labute approximate surface area is 68.6 Å². The van der Waals surface area contributed by atoms with Crippen molar-refractivity contribution in [3.05, 3.63) is 30.0 Å². The number of carbonyl (C=O) groups excluding carboxylic acids is 1. The Hall–Kier alpha value is -0.960. The minimum atomic E-state index is -0.409. The second-order valence-electron chi connectivity index (χ2n) is 2.04. The zero-order chi connectivity index (χ0) is 7.68. The number of hydrogen-bond acceptors (Lipinski definition) is 3. The van der Waals surface area contributed by atoms with Crippen molar-refractivity contribution in [2.75, 3.05) is 0 Å². The minimum Gasteiger partial charge on any atom is -0.424 e.